The summed E-state index contributed by atoms with van der Waals surface area (Å²) in [5.41, 5.74) is -0.376. The van der Waals surface area contributed by atoms with E-state index in [1.54, 1.807) is 6.07 Å². The molecule has 166 valence electrons. The molecular weight excluding hydrogens is 504 g/mol. The van der Waals surface area contributed by atoms with Crippen molar-refractivity contribution in [3.8, 4) is 0 Å². The van der Waals surface area contributed by atoms with Crippen LogP contribution in [0.4, 0.5) is 0 Å². The zero-order chi connectivity index (χ0) is 23.3. The molecule has 0 spiro atoms. The van der Waals surface area contributed by atoms with Crippen LogP contribution in [0, 0.1) is 5.41 Å². The molecule has 1 unspecified atom stereocenters. The summed E-state index contributed by atoms with van der Waals surface area (Å²) in [7, 11) is -4.34. The Bertz CT molecular complexity index is 1170. The summed E-state index contributed by atoms with van der Waals surface area (Å²) in [5.74, 6) is -1.24. The average Bonchev–Trinajstić information content (AvgIpc) is 3.06. The fourth-order valence-corrected chi connectivity index (χ4v) is 6.90. The van der Waals surface area contributed by atoms with Crippen LogP contribution in [0.1, 0.15) is 32.4 Å². The van der Waals surface area contributed by atoms with Crippen LogP contribution in [0.5, 0.6) is 0 Å². The van der Waals surface area contributed by atoms with Gasteiger partial charge in [-0.2, -0.15) is 4.31 Å². The van der Waals surface area contributed by atoms with E-state index in [2.05, 4.69) is 0 Å². The lowest BCUT2D eigenvalue weighted by molar-refractivity contribution is -0.133. The molecule has 2 aromatic carbocycles. The molecular formula is C21H19Cl4NO4S. The summed E-state index contributed by atoms with van der Waals surface area (Å²) in [4.78, 5) is 11.9. The molecule has 0 saturated carbocycles. The van der Waals surface area contributed by atoms with E-state index in [1.165, 1.54) is 36.4 Å². The number of carboxylic acids is 1. The zero-order valence-corrected chi connectivity index (χ0v) is 20.6. The van der Waals surface area contributed by atoms with Crippen LogP contribution in [0.2, 0.25) is 20.1 Å². The molecule has 0 bridgehead atoms. The van der Waals surface area contributed by atoms with Gasteiger partial charge in [0.1, 0.15) is 4.90 Å². The van der Waals surface area contributed by atoms with Gasteiger partial charge in [-0.05, 0) is 35.2 Å². The van der Waals surface area contributed by atoms with Crippen LogP contribution >= 0.6 is 46.4 Å². The molecule has 1 aliphatic rings. The highest BCUT2D eigenvalue weighted by molar-refractivity contribution is 7.89. The molecule has 31 heavy (non-hydrogen) atoms. The Balaban J connectivity index is 2.33. The highest BCUT2D eigenvalue weighted by Crippen LogP contribution is 2.48. The van der Waals surface area contributed by atoms with Crippen molar-refractivity contribution in [3.63, 3.8) is 0 Å². The molecule has 3 rings (SSSR count). The van der Waals surface area contributed by atoms with Gasteiger partial charge in [0.15, 0.2) is 0 Å². The minimum Gasteiger partial charge on any atom is -0.478 e. The molecule has 5 nitrogen and oxygen atoms in total. The molecule has 0 aromatic heterocycles. The second kappa shape index (κ2) is 8.58. The van der Waals surface area contributed by atoms with Crippen LogP contribution in [0.15, 0.2) is 52.9 Å². The number of halogens is 4. The highest BCUT2D eigenvalue weighted by atomic mass is 35.5. The minimum absolute atomic E-state index is 0.0585. The first-order valence-electron chi connectivity index (χ1n) is 9.14. The molecule has 2 atom stereocenters. The molecule has 1 aliphatic heterocycles. The van der Waals surface area contributed by atoms with Crippen molar-refractivity contribution in [2.24, 2.45) is 5.41 Å². The largest absolute Gasteiger partial charge is 0.478 e. The average molecular weight is 523 g/mol. The van der Waals surface area contributed by atoms with Gasteiger partial charge in [0, 0.05) is 6.04 Å². The summed E-state index contributed by atoms with van der Waals surface area (Å²) in [6, 6.07) is 6.93. The first-order chi connectivity index (χ1) is 14.3. The standard InChI is InChI=1S/C21H19Cl4NO4S/c1-21(2,3)17-10-12(20(27)28)18(11-7-8-13(22)16(25)9-11)26(17)31(29,30)19-14(23)5-4-6-15(19)24/h4-10,17-18H,1-3H3,(H,27,28)/t17-,18?/m0/s1. The third-order valence-electron chi connectivity index (χ3n) is 5.01. The van der Waals surface area contributed by atoms with Crippen molar-refractivity contribution in [2.75, 3.05) is 0 Å². The van der Waals surface area contributed by atoms with Gasteiger partial charge in [-0.15, -0.1) is 0 Å². The van der Waals surface area contributed by atoms with Gasteiger partial charge in [-0.1, -0.05) is 85.4 Å². The normalized spacial score (nSPS) is 20.0. The van der Waals surface area contributed by atoms with Gasteiger partial charge in [-0.3, -0.25) is 0 Å². The number of carbonyl (C=O) groups is 1. The van der Waals surface area contributed by atoms with Crippen molar-refractivity contribution in [1.29, 1.82) is 0 Å². The first-order valence-corrected chi connectivity index (χ1v) is 12.1. The number of nitrogens with zero attached hydrogens (tertiary/aromatic N) is 1. The molecule has 0 amide bonds. The van der Waals surface area contributed by atoms with Gasteiger partial charge in [-0.25, -0.2) is 13.2 Å². The Morgan fingerprint density at radius 1 is 0.968 bits per heavy atom. The predicted octanol–water partition coefficient (Wildman–Crippen LogP) is 6.47. The molecule has 0 aliphatic carbocycles. The number of aliphatic carboxylic acids is 1. The van der Waals surface area contributed by atoms with E-state index in [0.29, 0.717) is 5.56 Å². The van der Waals surface area contributed by atoms with E-state index in [9.17, 15) is 18.3 Å². The fourth-order valence-electron chi connectivity index (χ4n) is 3.58. The molecule has 0 saturated heterocycles. The van der Waals surface area contributed by atoms with Crippen LogP contribution in [-0.4, -0.2) is 29.8 Å². The maximum Gasteiger partial charge on any atom is 0.333 e. The Morgan fingerprint density at radius 2 is 1.55 bits per heavy atom. The van der Waals surface area contributed by atoms with E-state index >= 15 is 0 Å². The number of benzene rings is 2. The van der Waals surface area contributed by atoms with E-state index in [1.807, 2.05) is 20.8 Å². The Morgan fingerprint density at radius 3 is 2.03 bits per heavy atom. The summed E-state index contributed by atoms with van der Waals surface area (Å²) >= 11 is 24.6. The zero-order valence-electron chi connectivity index (χ0n) is 16.7. The quantitative estimate of drug-likeness (QED) is 0.499. The maximum atomic E-state index is 13.9. The molecule has 10 heteroatoms. The fraction of sp³-hybridized carbons (Fsp3) is 0.286. The minimum atomic E-state index is -4.34. The van der Waals surface area contributed by atoms with Crippen LogP contribution in [0.3, 0.4) is 0 Å². The molecule has 0 fully saturated rings. The lowest BCUT2D eigenvalue weighted by atomic mass is 9.87. The second-order valence-electron chi connectivity index (χ2n) is 8.20. The van der Waals surface area contributed by atoms with Gasteiger partial charge in [0.05, 0.1) is 31.7 Å². The summed E-state index contributed by atoms with van der Waals surface area (Å²) < 4.78 is 29.0. The van der Waals surface area contributed by atoms with Crippen molar-refractivity contribution in [3.05, 3.63) is 73.7 Å². The van der Waals surface area contributed by atoms with E-state index in [-0.39, 0.29) is 30.6 Å². The third kappa shape index (κ3) is 4.47. The lowest BCUT2D eigenvalue weighted by Gasteiger charge is -2.37. The van der Waals surface area contributed by atoms with Gasteiger partial charge in [0.2, 0.25) is 10.0 Å². The highest BCUT2D eigenvalue weighted by Gasteiger charge is 2.50. The van der Waals surface area contributed by atoms with E-state index in [4.69, 9.17) is 46.4 Å². The first kappa shape index (κ1) is 24.4. The smallest absolute Gasteiger partial charge is 0.333 e. The molecule has 1 heterocycles. The van der Waals surface area contributed by atoms with Crippen LogP contribution in [0.25, 0.3) is 0 Å². The summed E-state index contributed by atoms with van der Waals surface area (Å²) in [6.07, 6.45) is 1.46. The van der Waals surface area contributed by atoms with Crippen LogP contribution < -0.4 is 0 Å². The Hall–Kier alpha value is -1.28. The van der Waals surface area contributed by atoms with Crippen molar-refractivity contribution in [1.82, 2.24) is 4.31 Å². The van der Waals surface area contributed by atoms with Gasteiger partial charge >= 0.3 is 5.97 Å². The molecule has 2 aromatic rings. The van der Waals surface area contributed by atoms with Gasteiger partial charge < -0.3 is 5.11 Å². The van der Waals surface area contributed by atoms with Crippen molar-refractivity contribution in [2.45, 2.75) is 37.8 Å². The Kier molecular flexibility index (Phi) is 6.74. The summed E-state index contributed by atoms with van der Waals surface area (Å²) in [6.45, 7) is 5.46. The molecule has 1 N–H and O–H groups in total. The lowest BCUT2D eigenvalue weighted by Crippen LogP contribution is -2.45. The monoisotopic (exact) mass is 521 g/mol. The number of rotatable bonds is 4. The van der Waals surface area contributed by atoms with Crippen molar-refractivity contribution < 1.29 is 18.3 Å². The predicted molar refractivity (Wildman–Crippen MR) is 124 cm³/mol. The Labute approximate surface area is 201 Å². The number of sulfonamides is 1. The number of hydrogen-bond donors (Lipinski definition) is 1. The van der Waals surface area contributed by atoms with Gasteiger partial charge in [0.25, 0.3) is 0 Å². The summed E-state index contributed by atoms with van der Waals surface area (Å²) in [5, 5.41) is 10.2. The van der Waals surface area contributed by atoms with E-state index < -0.39 is 33.5 Å². The molecule has 0 radical (unpaired) electrons. The SMILES string of the molecule is CC(C)(C)[C@@H]1C=C(C(=O)O)C(c2ccc(Cl)c(Cl)c2)N1S(=O)(=O)c1c(Cl)cccc1Cl. The maximum absolute atomic E-state index is 13.9. The number of carboxylic acid groups (broad SMARTS) is 1. The van der Waals surface area contributed by atoms with Crippen LogP contribution in [-0.2, 0) is 14.8 Å². The second-order valence-corrected chi connectivity index (χ2v) is 11.6. The van der Waals surface area contributed by atoms with Crippen molar-refractivity contribution >= 4 is 62.4 Å². The number of hydrogen-bond acceptors (Lipinski definition) is 3. The third-order valence-corrected chi connectivity index (χ3v) is 8.55. The topological polar surface area (TPSA) is 74.7 Å². The van der Waals surface area contributed by atoms with E-state index in [0.717, 1.165) is 4.31 Å².